The van der Waals surface area contributed by atoms with Crippen molar-refractivity contribution in [2.45, 2.75) is 96.4 Å². The predicted molar refractivity (Wildman–Crippen MR) is 101 cm³/mol. The third-order valence-electron chi connectivity index (χ3n) is 5.33. The molecule has 1 heterocycles. The standard InChI is InChI=1S/C20H37F3N2O2/c1-18(2,3)25-10-9-24(17(14-25)20(21,22)23)8-7-11-26-15-12-16(13-15)27-19(4,5)6/h15-17H,7-14H2,1-6H3. The summed E-state index contributed by atoms with van der Waals surface area (Å²) >= 11 is 0. The van der Waals surface area contributed by atoms with Gasteiger partial charge in [-0.15, -0.1) is 0 Å². The van der Waals surface area contributed by atoms with E-state index in [9.17, 15) is 13.2 Å². The molecule has 0 aromatic carbocycles. The van der Waals surface area contributed by atoms with Gasteiger partial charge in [-0.1, -0.05) is 0 Å². The topological polar surface area (TPSA) is 24.9 Å². The fourth-order valence-corrected chi connectivity index (χ4v) is 3.78. The third-order valence-corrected chi connectivity index (χ3v) is 5.33. The maximum atomic E-state index is 13.5. The molecule has 0 N–H and O–H groups in total. The number of rotatable bonds is 6. The average molecular weight is 395 g/mol. The molecule has 7 heteroatoms. The molecule has 160 valence electrons. The van der Waals surface area contributed by atoms with E-state index in [0.29, 0.717) is 32.7 Å². The van der Waals surface area contributed by atoms with Gasteiger partial charge < -0.3 is 9.47 Å². The Morgan fingerprint density at radius 1 is 0.926 bits per heavy atom. The number of hydrogen-bond donors (Lipinski definition) is 0. The van der Waals surface area contributed by atoms with Crippen LogP contribution in [0, 0.1) is 0 Å². The highest BCUT2D eigenvalue weighted by atomic mass is 19.4. The molecule has 1 aliphatic carbocycles. The van der Waals surface area contributed by atoms with Crippen molar-refractivity contribution in [1.82, 2.24) is 9.80 Å². The molecule has 1 saturated carbocycles. The Labute approximate surface area is 162 Å². The summed E-state index contributed by atoms with van der Waals surface area (Å²) in [4.78, 5) is 3.51. The lowest BCUT2D eigenvalue weighted by Crippen LogP contribution is -2.62. The molecule has 1 saturated heterocycles. The van der Waals surface area contributed by atoms with E-state index < -0.39 is 12.2 Å². The average Bonchev–Trinajstić information content (AvgIpc) is 2.45. The molecule has 2 fully saturated rings. The predicted octanol–water partition coefficient (Wildman–Crippen LogP) is 4.09. The molecular weight excluding hydrogens is 357 g/mol. The minimum absolute atomic E-state index is 0.0440. The van der Waals surface area contributed by atoms with Crippen molar-refractivity contribution in [3.63, 3.8) is 0 Å². The van der Waals surface area contributed by atoms with Crippen molar-refractivity contribution in [2.75, 3.05) is 32.8 Å². The fourth-order valence-electron chi connectivity index (χ4n) is 3.78. The van der Waals surface area contributed by atoms with Crippen molar-refractivity contribution >= 4 is 0 Å². The third kappa shape index (κ3) is 7.18. The number of hydrogen-bond acceptors (Lipinski definition) is 4. The van der Waals surface area contributed by atoms with Crippen LogP contribution in [0.15, 0.2) is 0 Å². The van der Waals surface area contributed by atoms with Gasteiger partial charge in [-0.2, -0.15) is 13.2 Å². The molecule has 0 bridgehead atoms. The second kappa shape index (κ2) is 8.56. The first-order chi connectivity index (χ1) is 12.3. The van der Waals surface area contributed by atoms with Crippen LogP contribution < -0.4 is 0 Å². The molecule has 1 aliphatic heterocycles. The monoisotopic (exact) mass is 394 g/mol. The van der Waals surface area contributed by atoms with Crippen molar-refractivity contribution in [1.29, 1.82) is 0 Å². The Kier molecular flexibility index (Phi) is 7.26. The van der Waals surface area contributed by atoms with Gasteiger partial charge in [0.2, 0.25) is 0 Å². The normalized spacial score (nSPS) is 29.0. The lowest BCUT2D eigenvalue weighted by Gasteiger charge is -2.47. The van der Waals surface area contributed by atoms with Crippen LogP contribution in [-0.4, -0.2) is 78.2 Å². The van der Waals surface area contributed by atoms with Gasteiger partial charge in [0.15, 0.2) is 0 Å². The first-order valence-corrected chi connectivity index (χ1v) is 10.1. The van der Waals surface area contributed by atoms with Crippen molar-refractivity contribution in [2.24, 2.45) is 0 Å². The molecular formula is C20H37F3N2O2. The molecule has 0 aromatic rings. The zero-order valence-corrected chi connectivity index (χ0v) is 17.7. The fraction of sp³-hybridized carbons (Fsp3) is 1.00. The van der Waals surface area contributed by atoms with Gasteiger partial charge in [0, 0.05) is 38.3 Å². The smallest absolute Gasteiger partial charge is 0.378 e. The van der Waals surface area contributed by atoms with Crippen LogP contribution in [0.25, 0.3) is 0 Å². The summed E-state index contributed by atoms with van der Waals surface area (Å²) in [6.45, 7) is 14.1. The molecule has 0 radical (unpaired) electrons. The second-order valence-electron chi connectivity index (χ2n) is 9.88. The second-order valence-corrected chi connectivity index (χ2v) is 9.88. The summed E-state index contributed by atoms with van der Waals surface area (Å²) in [5.74, 6) is 0. The zero-order valence-electron chi connectivity index (χ0n) is 17.7. The molecule has 1 unspecified atom stereocenters. The van der Waals surface area contributed by atoms with Crippen LogP contribution in [0.3, 0.4) is 0 Å². The van der Waals surface area contributed by atoms with E-state index in [2.05, 4.69) is 0 Å². The van der Waals surface area contributed by atoms with Crippen LogP contribution in [0.1, 0.15) is 60.8 Å². The molecule has 1 atom stereocenters. The highest BCUT2D eigenvalue weighted by molar-refractivity contribution is 4.91. The number of alkyl halides is 3. The van der Waals surface area contributed by atoms with Crippen molar-refractivity contribution < 1.29 is 22.6 Å². The Morgan fingerprint density at radius 2 is 1.56 bits per heavy atom. The van der Waals surface area contributed by atoms with E-state index >= 15 is 0 Å². The minimum Gasteiger partial charge on any atom is -0.378 e. The van der Waals surface area contributed by atoms with Crippen LogP contribution in [-0.2, 0) is 9.47 Å². The summed E-state index contributed by atoms with van der Waals surface area (Å²) in [5.41, 5.74) is -0.383. The zero-order chi connectivity index (χ0) is 20.5. The van der Waals surface area contributed by atoms with Crippen molar-refractivity contribution in [3.05, 3.63) is 0 Å². The highest BCUT2D eigenvalue weighted by Gasteiger charge is 2.47. The SMILES string of the molecule is CC(C)(C)OC1CC(OCCCN2CCN(C(C)(C)C)CC2C(F)(F)F)C1. The van der Waals surface area contributed by atoms with Crippen LogP contribution >= 0.6 is 0 Å². The van der Waals surface area contributed by atoms with E-state index in [0.717, 1.165) is 12.8 Å². The number of nitrogens with zero attached hydrogens (tertiary/aromatic N) is 2. The van der Waals surface area contributed by atoms with Crippen LogP contribution in [0.4, 0.5) is 13.2 Å². The highest BCUT2D eigenvalue weighted by Crippen LogP contribution is 2.32. The lowest BCUT2D eigenvalue weighted by molar-refractivity contribution is -0.202. The lowest BCUT2D eigenvalue weighted by atomic mass is 9.91. The summed E-state index contributed by atoms with van der Waals surface area (Å²) in [6.07, 6.45) is -1.37. The largest absolute Gasteiger partial charge is 0.405 e. The minimum atomic E-state index is -4.20. The first kappa shape index (κ1) is 22.9. The summed E-state index contributed by atoms with van der Waals surface area (Å²) in [5, 5.41) is 0. The van der Waals surface area contributed by atoms with E-state index in [1.54, 1.807) is 4.90 Å². The Morgan fingerprint density at radius 3 is 2.07 bits per heavy atom. The van der Waals surface area contributed by atoms with Gasteiger partial charge in [0.05, 0.1) is 17.8 Å². The Balaban J connectivity index is 1.71. The molecule has 0 amide bonds. The maximum Gasteiger partial charge on any atom is 0.405 e. The van der Waals surface area contributed by atoms with Gasteiger partial charge in [-0.05, 0) is 60.8 Å². The van der Waals surface area contributed by atoms with Crippen LogP contribution in [0.5, 0.6) is 0 Å². The first-order valence-electron chi connectivity index (χ1n) is 10.1. The van der Waals surface area contributed by atoms with Gasteiger partial charge in [-0.25, -0.2) is 0 Å². The molecule has 2 aliphatic rings. The van der Waals surface area contributed by atoms with E-state index in [4.69, 9.17) is 9.47 Å². The van der Waals surface area contributed by atoms with E-state index in [1.807, 2.05) is 46.4 Å². The van der Waals surface area contributed by atoms with Gasteiger partial charge in [0.25, 0.3) is 0 Å². The molecule has 0 spiro atoms. The number of ether oxygens (including phenoxy) is 2. The van der Waals surface area contributed by atoms with E-state index in [-0.39, 0.29) is 29.9 Å². The molecule has 0 aromatic heterocycles. The number of piperazine rings is 1. The van der Waals surface area contributed by atoms with Crippen LogP contribution in [0.2, 0.25) is 0 Å². The summed E-state index contributed by atoms with van der Waals surface area (Å²) < 4.78 is 52.2. The quantitative estimate of drug-likeness (QED) is 0.634. The van der Waals surface area contributed by atoms with Crippen molar-refractivity contribution in [3.8, 4) is 0 Å². The van der Waals surface area contributed by atoms with Gasteiger partial charge in [-0.3, -0.25) is 9.80 Å². The van der Waals surface area contributed by atoms with Gasteiger partial charge >= 0.3 is 6.18 Å². The molecule has 27 heavy (non-hydrogen) atoms. The molecule has 2 rings (SSSR count). The molecule has 4 nitrogen and oxygen atoms in total. The Hall–Kier alpha value is -0.370. The van der Waals surface area contributed by atoms with Gasteiger partial charge in [0.1, 0.15) is 6.04 Å². The summed E-state index contributed by atoms with van der Waals surface area (Å²) in [7, 11) is 0. The Bertz CT molecular complexity index is 465. The summed E-state index contributed by atoms with van der Waals surface area (Å²) in [6, 6.07) is -1.39. The van der Waals surface area contributed by atoms with E-state index in [1.165, 1.54) is 0 Å². The maximum absolute atomic E-state index is 13.5. The number of halogens is 3.